The van der Waals surface area contributed by atoms with E-state index in [1.807, 2.05) is 25.1 Å². The van der Waals surface area contributed by atoms with Crippen LogP contribution in [0.5, 0.6) is 0 Å². The van der Waals surface area contributed by atoms with Crippen LogP contribution in [0.2, 0.25) is 0 Å². The largest absolute Gasteiger partial charge is 0.325 e. The maximum Gasteiger partial charge on any atom is 0.235 e. The Labute approximate surface area is 100 Å². The van der Waals surface area contributed by atoms with Gasteiger partial charge in [0.1, 0.15) is 5.78 Å². The lowest BCUT2D eigenvalue weighted by Crippen LogP contribution is -2.38. The molecule has 3 rings (SSSR count). The number of hydrogen-bond donors (Lipinski definition) is 1. The highest BCUT2D eigenvalue weighted by Crippen LogP contribution is 2.46. The number of amides is 1. The summed E-state index contributed by atoms with van der Waals surface area (Å²) in [5.74, 6) is 0.356. The van der Waals surface area contributed by atoms with Crippen molar-refractivity contribution in [2.24, 2.45) is 0 Å². The van der Waals surface area contributed by atoms with E-state index in [9.17, 15) is 9.59 Å². The van der Waals surface area contributed by atoms with Crippen LogP contribution >= 0.6 is 0 Å². The Balaban J connectivity index is 2.07. The third-order valence-electron chi connectivity index (χ3n) is 4.03. The summed E-state index contributed by atoms with van der Waals surface area (Å²) in [6, 6.07) is 6.09. The minimum Gasteiger partial charge on any atom is -0.325 e. The van der Waals surface area contributed by atoms with Crippen molar-refractivity contribution >= 4 is 17.4 Å². The number of carbonyl (C=O) groups is 2. The molecule has 1 spiro atoms. The van der Waals surface area contributed by atoms with Crippen molar-refractivity contribution in [3.05, 3.63) is 29.3 Å². The Kier molecular flexibility index (Phi) is 2.12. The predicted molar refractivity (Wildman–Crippen MR) is 65.0 cm³/mol. The smallest absolute Gasteiger partial charge is 0.235 e. The highest BCUT2D eigenvalue weighted by atomic mass is 16.2. The van der Waals surface area contributed by atoms with Gasteiger partial charge < -0.3 is 5.32 Å². The van der Waals surface area contributed by atoms with E-state index in [0.717, 1.165) is 16.8 Å². The van der Waals surface area contributed by atoms with Crippen LogP contribution < -0.4 is 5.32 Å². The molecule has 1 amide bonds. The molecule has 0 atom stereocenters. The summed E-state index contributed by atoms with van der Waals surface area (Å²) in [6.45, 7) is 2.02. The molecule has 0 saturated heterocycles. The van der Waals surface area contributed by atoms with E-state index >= 15 is 0 Å². The van der Waals surface area contributed by atoms with Crippen LogP contribution in [-0.4, -0.2) is 11.7 Å². The van der Waals surface area contributed by atoms with Gasteiger partial charge in [0.15, 0.2) is 0 Å². The standard InChI is InChI=1S/C14H15NO2/c1-9-2-3-11-12(8-9)15-13(17)14(11)6-4-10(16)5-7-14/h2-3,8H,4-7H2,1H3,(H,15,17). The van der Waals surface area contributed by atoms with Crippen LogP contribution in [0.4, 0.5) is 5.69 Å². The Morgan fingerprint density at radius 1 is 1.18 bits per heavy atom. The van der Waals surface area contributed by atoms with E-state index in [-0.39, 0.29) is 11.7 Å². The normalized spacial score (nSPS) is 21.5. The third-order valence-corrected chi connectivity index (χ3v) is 4.03. The summed E-state index contributed by atoms with van der Waals surface area (Å²) in [7, 11) is 0. The molecular weight excluding hydrogens is 214 g/mol. The number of anilines is 1. The third kappa shape index (κ3) is 1.42. The fourth-order valence-corrected chi connectivity index (χ4v) is 3.00. The van der Waals surface area contributed by atoms with E-state index in [1.54, 1.807) is 0 Å². The van der Waals surface area contributed by atoms with Crippen molar-refractivity contribution in [1.82, 2.24) is 0 Å². The fourth-order valence-electron chi connectivity index (χ4n) is 3.00. The molecule has 3 heteroatoms. The maximum atomic E-state index is 12.2. The molecule has 1 aromatic rings. The van der Waals surface area contributed by atoms with E-state index in [4.69, 9.17) is 0 Å². The molecule has 1 aromatic carbocycles. The van der Waals surface area contributed by atoms with Gasteiger partial charge in [0.2, 0.25) is 5.91 Å². The van der Waals surface area contributed by atoms with Gasteiger partial charge in [-0.25, -0.2) is 0 Å². The second kappa shape index (κ2) is 3.42. The van der Waals surface area contributed by atoms with Gasteiger partial charge in [0.05, 0.1) is 5.41 Å². The molecule has 0 bridgehead atoms. The molecule has 0 radical (unpaired) electrons. The number of rotatable bonds is 0. The van der Waals surface area contributed by atoms with Crippen molar-refractivity contribution in [2.75, 3.05) is 5.32 Å². The predicted octanol–water partition coefficient (Wildman–Crippen LogP) is 2.33. The van der Waals surface area contributed by atoms with Gasteiger partial charge in [0.25, 0.3) is 0 Å². The van der Waals surface area contributed by atoms with Crippen molar-refractivity contribution in [3.8, 4) is 0 Å². The van der Waals surface area contributed by atoms with Crippen molar-refractivity contribution in [1.29, 1.82) is 0 Å². The second-order valence-electron chi connectivity index (χ2n) is 5.12. The highest BCUT2D eigenvalue weighted by Gasteiger charge is 2.48. The van der Waals surface area contributed by atoms with Crippen molar-refractivity contribution in [2.45, 2.75) is 38.0 Å². The molecule has 88 valence electrons. The minimum absolute atomic E-state index is 0.0746. The molecule has 1 fully saturated rings. The summed E-state index contributed by atoms with van der Waals surface area (Å²) >= 11 is 0. The number of carbonyl (C=O) groups excluding carboxylic acids is 2. The molecule has 1 N–H and O–H groups in total. The summed E-state index contributed by atoms with van der Waals surface area (Å²) in [6.07, 6.45) is 2.38. The van der Waals surface area contributed by atoms with Crippen LogP contribution in [0.3, 0.4) is 0 Å². The van der Waals surface area contributed by atoms with E-state index < -0.39 is 5.41 Å². The molecule has 17 heavy (non-hydrogen) atoms. The molecule has 2 aliphatic rings. The molecular formula is C14H15NO2. The van der Waals surface area contributed by atoms with Crippen LogP contribution in [0.25, 0.3) is 0 Å². The van der Waals surface area contributed by atoms with Gasteiger partial charge >= 0.3 is 0 Å². The van der Waals surface area contributed by atoms with Crippen molar-refractivity contribution < 1.29 is 9.59 Å². The molecule has 1 aliphatic heterocycles. The Morgan fingerprint density at radius 3 is 2.59 bits per heavy atom. The van der Waals surface area contributed by atoms with Crippen LogP contribution in [-0.2, 0) is 15.0 Å². The number of hydrogen-bond acceptors (Lipinski definition) is 2. The lowest BCUT2D eigenvalue weighted by molar-refractivity contribution is -0.126. The van der Waals surface area contributed by atoms with Gasteiger partial charge in [-0.3, -0.25) is 9.59 Å². The fraction of sp³-hybridized carbons (Fsp3) is 0.429. The lowest BCUT2D eigenvalue weighted by Gasteiger charge is -2.30. The van der Waals surface area contributed by atoms with Gasteiger partial charge in [-0.05, 0) is 37.0 Å². The zero-order valence-electron chi connectivity index (χ0n) is 9.88. The molecule has 1 aliphatic carbocycles. The van der Waals surface area contributed by atoms with Gasteiger partial charge in [-0.1, -0.05) is 12.1 Å². The average Bonchev–Trinajstić information content (AvgIpc) is 2.55. The quantitative estimate of drug-likeness (QED) is 0.742. The topological polar surface area (TPSA) is 46.2 Å². The van der Waals surface area contributed by atoms with E-state index in [0.29, 0.717) is 25.7 Å². The molecule has 0 aromatic heterocycles. The molecule has 0 unspecified atom stereocenters. The molecule has 1 saturated carbocycles. The highest BCUT2D eigenvalue weighted by molar-refractivity contribution is 6.07. The number of fused-ring (bicyclic) bond motifs is 2. The van der Waals surface area contributed by atoms with Crippen LogP contribution in [0, 0.1) is 6.92 Å². The van der Waals surface area contributed by atoms with Crippen molar-refractivity contribution in [3.63, 3.8) is 0 Å². The Hall–Kier alpha value is -1.64. The first-order valence-electron chi connectivity index (χ1n) is 6.06. The van der Waals surface area contributed by atoms with Gasteiger partial charge in [0, 0.05) is 18.5 Å². The number of Topliss-reactive ketones (excluding diaryl/α,β-unsaturated/α-hetero) is 1. The first kappa shape index (κ1) is 10.5. The monoisotopic (exact) mass is 229 g/mol. The second-order valence-corrected chi connectivity index (χ2v) is 5.12. The van der Waals surface area contributed by atoms with E-state index in [1.165, 1.54) is 0 Å². The number of ketones is 1. The first-order chi connectivity index (χ1) is 8.12. The number of aryl methyl sites for hydroxylation is 1. The summed E-state index contributed by atoms with van der Waals surface area (Å²) < 4.78 is 0. The lowest BCUT2D eigenvalue weighted by atomic mass is 9.70. The summed E-state index contributed by atoms with van der Waals surface area (Å²) in [5, 5.41) is 2.96. The van der Waals surface area contributed by atoms with Gasteiger partial charge in [-0.2, -0.15) is 0 Å². The zero-order valence-corrected chi connectivity index (χ0v) is 9.88. The number of benzene rings is 1. The Bertz CT molecular complexity index is 509. The Morgan fingerprint density at radius 2 is 1.88 bits per heavy atom. The van der Waals surface area contributed by atoms with E-state index in [2.05, 4.69) is 5.32 Å². The summed E-state index contributed by atoms with van der Waals surface area (Å²) in [4.78, 5) is 23.5. The average molecular weight is 229 g/mol. The molecule has 1 heterocycles. The summed E-state index contributed by atoms with van der Waals surface area (Å²) in [5.41, 5.74) is 2.73. The molecule has 3 nitrogen and oxygen atoms in total. The zero-order chi connectivity index (χ0) is 12.0. The number of nitrogens with one attached hydrogen (secondary N) is 1. The maximum absolute atomic E-state index is 12.2. The van der Waals surface area contributed by atoms with Crippen LogP contribution in [0.15, 0.2) is 18.2 Å². The minimum atomic E-state index is -0.434. The van der Waals surface area contributed by atoms with Crippen LogP contribution in [0.1, 0.15) is 36.8 Å². The first-order valence-corrected chi connectivity index (χ1v) is 6.06. The van der Waals surface area contributed by atoms with Gasteiger partial charge in [-0.15, -0.1) is 0 Å². The SMILES string of the molecule is Cc1ccc2c(c1)NC(=O)C21CCC(=O)CC1.